The van der Waals surface area contributed by atoms with Crippen LogP contribution in [-0.2, 0) is 5.41 Å². The van der Waals surface area contributed by atoms with E-state index in [0.717, 1.165) is 23.8 Å². The molecule has 4 atom stereocenters. The summed E-state index contributed by atoms with van der Waals surface area (Å²) in [6, 6.07) is 4.10. The van der Waals surface area contributed by atoms with Gasteiger partial charge in [0.25, 0.3) is 0 Å². The number of phenolic OH excluding ortho intramolecular Hbond substituents is 1. The normalized spacial score (nSPS) is 40.0. The van der Waals surface area contributed by atoms with Gasteiger partial charge < -0.3 is 9.84 Å². The van der Waals surface area contributed by atoms with E-state index in [1.165, 1.54) is 37.7 Å². The third kappa shape index (κ3) is 2.01. The molecule has 3 aliphatic rings. The fourth-order valence-electron chi connectivity index (χ4n) is 6.84. The molecule has 1 heterocycles. The Morgan fingerprint density at radius 2 is 1.79 bits per heavy atom. The summed E-state index contributed by atoms with van der Waals surface area (Å²) >= 11 is 0. The Balaban J connectivity index is 1.84. The van der Waals surface area contributed by atoms with E-state index in [-0.39, 0.29) is 5.41 Å². The Kier molecular flexibility index (Phi) is 3.34. The SMILES string of the molecule is Cc1cc(O)c2c(c1)[C@]1(C)CC[C@H]3C(C)(C)CCC[C@]3(C)[C@H]1CO2. The molecular formula is C22H32O2. The van der Waals surface area contributed by atoms with Crippen LogP contribution in [-0.4, -0.2) is 11.7 Å². The summed E-state index contributed by atoms with van der Waals surface area (Å²) in [5, 5.41) is 10.4. The van der Waals surface area contributed by atoms with E-state index in [0.29, 0.717) is 22.5 Å². The molecule has 24 heavy (non-hydrogen) atoms. The predicted octanol–water partition coefficient (Wildman–Crippen LogP) is 5.59. The predicted molar refractivity (Wildman–Crippen MR) is 97.6 cm³/mol. The molecule has 4 rings (SSSR count). The molecule has 1 aliphatic heterocycles. The first-order valence-electron chi connectivity index (χ1n) is 9.65. The molecule has 1 aromatic rings. The van der Waals surface area contributed by atoms with E-state index < -0.39 is 0 Å². The topological polar surface area (TPSA) is 29.5 Å². The van der Waals surface area contributed by atoms with E-state index in [1.807, 2.05) is 6.07 Å². The van der Waals surface area contributed by atoms with Crippen molar-refractivity contribution in [2.24, 2.45) is 22.7 Å². The van der Waals surface area contributed by atoms with Crippen molar-refractivity contribution in [3.05, 3.63) is 23.3 Å². The van der Waals surface area contributed by atoms with Gasteiger partial charge in [0.05, 0.1) is 6.61 Å². The number of phenols is 1. The Morgan fingerprint density at radius 3 is 2.54 bits per heavy atom. The van der Waals surface area contributed by atoms with Crippen LogP contribution in [0, 0.1) is 29.6 Å². The number of benzene rings is 1. The number of hydrogen-bond acceptors (Lipinski definition) is 2. The van der Waals surface area contributed by atoms with E-state index in [4.69, 9.17) is 4.74 Å². The Labute approximate surface area is 146 Å². The highest BCUT2D eigenvalue weighted by Gasteiger charge is 2.60. The van der Waals surface area contributed by atoms with Gasteiger partial charge in [-0.25, -0.2) is 0 Å². The molecule has 0 aromatic heterocycles. The average molecular weight is 328 g/mol. The lowest BCUT2D eigenvalue weighted by Crippen LogP contribution is -2.59. The van der Waals surface area contributed by atoms with Crippen LogP contribution in [0.1, 0.15) is 70.9 Å². The maximum Gasteiger partial charge on any atom is 0.164 e. The third-order valence-corrected chi connectivity index (χ3v) is 8.02. The van der Waals surface area contributed by atoms with Gasteiger partial charge in [0.15, 0.2) is 11.5 Å². The zero-order valence-corrected chi connectivity index (χ0v) is 15.9. The quantitative estimate of drug-likeness (QED) is 0.672. The second kappa shape index (κ2) is 4.93. The molecular weight excluding hydrogens is 296 g/mol. The summed E-state index contributed by atoms with van der Waals surface area (Å²) in [7, 11) is 0. The molecule has 0 spiro atoms. The first-order chi connectivity index (χ1) is 11.2. The summed E-state index contributed by atoms with van der Waals surface area (Å²) in [6.45, 7) is 12.7. The third-order valence-electron chi connectivity index (χ3n) is 8.02. The first-order valence-corrected chi connectivity index (χ1v) is 9.65. The minimum absolute atomic E-state index is 0.121. The molecule has 0 amide bonds. The zero-order chi connectivity index (χ0) is 17.3. The number of hydrogen-bond donors (Lipinski definition) is 1. The molecule has 2 heteroatoms. The Morgan fingerprint density at radius 1 is 1.04 bits per heavy atom. The summed E-state index contributed by atoms with van der Waals surface area (Å²) in [5.74, 6) is 2.38. The minimum atomic E-state index is 0.121. The van der Waals surface area contributed by atoms with Crippen molar-refractivity contribution in [2.45, 2.75) is 72.1 Å². The molecule has 2 aliphatic carbocycles. The maximum absolute atomic E-state index is 10.4. The van der Waals surface area contributed by atoms with E-state index in [2.05, 4.69) is 40.7 Å². The van der Waals surface area contributed by atoms with Gasteiger partial charge >= 0.3 is 0 Å². The van der Waals surface area contributed by atoms with Gasteiger partial charge in [0, 0.05) is 16.9 Å². The van der Waals surface area contributed by atoms with Gasteiger partial charge in [0.2, 0.25) is 0 Å². The van der Waals surface area contributed by atoms with Crippen molar-refractivity contribution < 1.29 is 9.84 Å². The van der Waals surface area contributed by atoms with Crippen molar-refractivity contribution >= 4 is 0 Å². The lowest BCUT2D eigenvalue weighted by atomic mass is 9.42. The molecule has 0 saturated heterocycles. The van der Waals surface area contributed by atoms with Crippen LogP contribution in [0.5, 0.6) is 11.5 Å². The van der Waals surface area contributed by atoms with Crippen LogP contribution in [0.2, 0.25) is 0 Å². The molecule has 2 nitrogen and oxygen atoms in total. The monoisotopic (exact) mass is 328 g/mol. The van der Waals surface area contributed by atoms with E-state index >= 15 is 0 Å². The number of fused-ring (bicyclic) bond motifs is 5. The van der Waals surface area contributed by atoms with Crippen LogP contribution >= 0.6 is 0 Å². The highest BCUT2D eigenvalue weighted by atomic mass is 16.5. The van der Waals surface area contributed by atoms with Gasteiger partial charge in [-0.2, -0.15) is 0 Å². The summed E-state index contributed by atoms with van der Waals surface area (Å²) in [4.78, 5) is 0. The van der Waals surface area contributed by atoms with Gasteiger partial charge in [-0.05, 0) is 61.0 Å². The summed E-state index contributed by atoms with van der Waals surface area (Å²) in [6.07, 6.45) is 6.51. The largest absolute Gasteiger partial charge is 0.504 e. The van der Waals surface area contributed by atoms with Gasteiger partial charge in [-0.1, -0.05) is 40.2 Å². The van der Waals surface area contributed by atoms with Crippen molar-refractivity contribution in [3.8, 4) is 11.5 Å². The van der Waals surface area contributed by atoms with Crippen LogP contribution in [0.15, 0.2) is 12.1 Å². The summed E-state index contributed by atoms with van der Waals surface area (Å²) in [5.41, 5.74) is 3.28. The lowest BCUT2D eigenvalue weighted by molar-refractivity contribution is -0.123. The van der Waals surface area contributed by atoms with Gasteiger partial charge in [-0.15, -0.1) is 0 Å². The number of aromatic hydroxyl groups is 1. The lowest BCUT2D eigenvalue weighted by Gasteiger charge is -2.63. The minimum Gasteiger partial charge on any atom is -0.504 e. The van der Waals surface area contributed by atoms with E-state index in [9.17, 15) is 5.11 Å². The van der Waals surface area contributed by atoms with Crippen molar-refractivity contribution in [2.75, 3.05) is 6.61 Å². The maximum atomic E-state index is 10.4. The second-order valence-corrected chi connectivity index (χ2v) is 9.88. The van der Waals surface area contributed by atoms with Crippen molar-refractivity contribution in [1.29, 1.82) is 0 Å². The molecule has 0 unspecified atom stereocenters. The van der Waals surface area contributed by atoms with E-state index in [1.54, 1.807) is 0 Å². The number of ether oxygens (including phenoxy) is 1. The molecule has 132 valence electrons. The fraction of sp³-hybridized carbons (Fsp3) is 0.727. The van der Waals surface area contributed by atoms with Crippen molar-refractivity contribution in [1.82, 2.24) is 0 Å². The Bertz CT molecular complexity index is 677. The van der Waals surface area contributed by atoms with Gasteiger partial charge in [0.1, 0.15) is 0 Å². The first kappa shape index (κ1) is 16.3. The van der Waals surface area contributed by atoms with Crippen LogP contribution < -0.4 is 4.74 Å². The number of aryl methyl sites for hydroxylation is 1. The smallest absolute Gasteiger partial charge is 0.164 e. The molecule has 0 bridgehead atoms. The van der Waals surface area contributed by atoms with Crippen LogP contribution in [0.25, 0.3) is 0 Å². The molecule has 2 fully saturated rings. The molecule has 2 saturated carbocycles. The molecule has 1 N–H and O–H groups in total. The molecule has 1 aromatic carbocycles. The average Bonchev–Trinajstić information content (AvgIpc) is 2.46. The highest BCUT2D eigenvalue weighted by Crippen LogP contribution is 2.66. The van der Waals surface area contributed by atoms with Crippen LogP contribution in [0.4, 0.5) is 0 Å². The standard InChI is InChI=1S/C22H32O2/c1-14-11-15-19(16(23)12-14)24-13-18-21(15,4)10-7-17-20(2,3)8-6-9-22(17,18)5/h11-12,17-18,23H,6-10,13H2,1-5H3/t17-,18-,21-,22-/m0/s1. The highest BCUT2D eigenvalue weighted by molar-refractivity contribution is 5.53. The van der Waals surface area contributed by atoms with Crippen molar-refractivity contribution in [3.63, 3.8) is 0 Å². The molecule has 0 radical (unpaired) electrons. The second-order valence-electron chi connectivity index (χ2n) is 9.88. The van der Waals surface area contributed by atoms with Gasteiger partial charge in [-0.3, -0.25) is 0 Å². The van der Waals surface area contributed by atoms with Crippen LogP contribution in [0.3, 0.4) is 0 Å². The fourth-order valence-corrected chi connectivity index (χ4v) is 6.84. The Hall–Kier alpha value is -1.18. The zero-order valence-electron chi connectivity index (χ0n) is 15.9. The number of rotatable bonds is 0. The summed E-state index contributed by atoms with van der Waals surface area (Å²) < 4.78 is 6.18.